The molecular formula is C19H18LiO3P. The Morgan fingerprint density at radius 3 is 2.38 bits per heavy atom. The molecule has 5 heteroatoms. The van der Waals surface area contributed by atoms with Crippen LogP contribution in [0.3, 0.4) is 0 Å². The molecular weight excluding hydrogens is 314 g/mol. The summed E-state index contributed by atoms with van der Waals surface area (Å²) < 4.78 is 11.2. The van der Waals surface area contributed by atoms with E-state index in [4.69, 9.17) is 9.47 Å². The van der Waals surface area contributed by atoms with Gasteiger partial charge in [0, 0.05) is 19.1 Å². The largest absolute Gasteiger partial charge is 1.00 e. The fourth-order valence-corrected chi connectivity index (χ4v) is 3.88. The van der Waals surface area contributed by atoms with Gasteiger partial charge in [-0.05, 0) is 17.2 Å². The molecule has 24 heavy (non-hydrogen) atoms. The number of methoxy groups -OCH3 is 2. The van der Waals surface area contributed by atoms with E-state index in [2.05, 4.69) is 0 Å². The smallest absolute Gasteiger partial charge is 0.501 e. The fourth-order valence-electron chi connectivity index (χ4n) is 2.86. The van der Waals surface area contributed by atoms with Crippen LogP contribution in [-0.4, -0.2) is 19.7 Å². The summed E-state index contributed by atoms with van der Waals surface area (Å²) in [6, 6.07) is 17.5. The van der Waals surface area contributed by atoms with Crippen LogP contribution in [0.15, 0.2) is 60.4 Å². The first-order chi connectivity index (χ1) is 11.2. The first kappa shape index (κ1) is 19.0. The number of carbonyl (C=O) groups is 1. The summed E-state index contributed by atoms with van der Waals surface area (Å²) in [5, 5.41) is 0.958. The molecule has 2 aromatic rings. The molecule has 0 saturated carbocycles. The van der Waals surface area contributed by atoms with E-state index < -0.39 is 5.60 Å². The quantitative estimate of drug-likeness (QED) is 0.598. The molecule has 0 saturated heterocycles. The van der Waals surface area contributed by atoms with Gasteiger partial charge in [0.05, 0.1) is 12.9 Å². The Balaban J connectivity index is 0.00000208. The summed E-state index contributed by atoms with van der Waals surface area (Å²) in [4.78, 5) is 13.1. The van der Waals surface area contributed by atoms with Crippen LogP contribution in [0.5, 0.6) is 0 Å². The molecule has 1 unspecified atom stereocenters. The van der Waals surface area contributed by atoms with Crippen LogP contribution >= 0.6 is 8.58 Å². The maximum atomic E-state index is 13.1. The molecule has 0 radical (unpaired) electrons. The van der Waals surface area contributed by atoms with Gasteiger partial charge in [-0.1, -0.05) is 54.6 Å². The van der Waals surface area contributed by atoms with Gasteiger partial charge < -0.3 is 22.8 Å². The summed E-state index contributed by atoms with van der Waals surface area (Å²) >= 11 is 0. The molecule has 1 atom stereocenters. The second-order valence-corrected chi connectivity index (χ2v) is 6.51. The van der Waals surface area contributed by atoms with E-state index in [1.165, 1.54) is 0 Å². The Kier molecular flexibility index (Phi) is 6.44. The Hall–Kier alpha value is -1.36. The summed E-state index contributed by atoms with van der Waals surface area (Å²) in [7, 11) is 3.84. The van der Waals surface area contributed by atoms with Crippen LogP contribution in [0, 0.1) is 0 Å². The van der Waals surface area contributed by atoms with E-state index in [9.17, 15) is 4.79 Å². The minimum Gasteiger partial charge on any atom is -0.501 e. The van der Waals surface area contributed by atoms with Crippen LogP contribution < -0.4 is 24.2 Å². The Labute approximate surface area is 156 Å². The molecule has 1 aliphatic rings. The Morgan fingerprint density at radius 2 is 1.71 bits per heavy atom. The van der Waals surface area contributed by atoms with Gasteiger partial charge in [-0.15, -0.1) is 0 Å². The van der Waals surface area contributed by atoms with Crippen molar-refractivity contribution in [3.8, 4) is 0 Å². The van der Waals surface area contributed by atoms with Gasteiger partial charge in [0.25, 0.3) is 0 Å². The van der Waals surface area contributed by atoms with Crippen molar-refractivity contribution in [1.29, 1.82) is 0 Å². The molecule has 118 valence electrons. The van der Waals surface area contributed by atoms with Crippen molar-refractivity contribution >= 4 is 25.5 Å². The van der Waals surface area contributed by atoms with Crippen LogP contribution in [0.25, 0.3) is 6.08 Å². The summed E-state index contributed by atoms with van der Waals surface area (Å²) in [5.41, 5.74) is 0.876. The standard InChI is InChI=1S/C19H18O3P.Li/c1-21-15-12-14-8-6-7-11-17(14)19(13-15,22-2)18(20)23-16-9-4-3-5-10-16;/h3-12H,13H2,1-2H3;/q-1;+1. The van der Waals surface area contributed by atoms with E-state index in [0.29, 0.717) is 15.0 Å². The van der Waals surface area contributed by atoms with E-state index in [-0.39, 0.29) is 24.4 Å². The van der Waals surface area contributed by atoms with Crippen molar-refractivity contribution in [1.82, 2.24) is 0 Å². The summed E-state index contributed by atoms with van der Waals surface area (Å²) in [6.45, 7) is 0. The zero-order valence-corrected chi connectivity index (χ0v) is 15.0. The third kappa shape index (κ3) is 3.51. The number of ether oxygens (including phenoxy) is 2. The minimum absolute atomic E-state index is 0. The van der Waals surface area contributed by atoms with E-state index in [0.717, 1.165) is 22.2 Å². The molecule has 1 aliphatic carbocycles. The molecule has 3 rings (SSSR count). The average Bonchev–Trinajstić information content (AvgIpc) is 2.61. The van der Waals surface area contributed by atoms with Crippen molar-refractivity contribution in [3.05, 3.63) is 71.5 Å². The first-order valence-electron chi connectivity index (χ1n) is 7.40. The van der Waals surface area contributed by atoms with E-state index >= 15 is 0 Å². The molecule has 0 aliphatic heterocycles. The molecule has 0 amide bonds. The van der Waals surface area contributed by atoms with Crippen molar-refractivity contribution in [2.75, 3.05) is 14.2 Å². The monoisotopic (exact) mass is 332 g/mol. The topological polar surface area (TPSA) is 35.5 Å². The maximum absolute atomic E-state index is 13.1. The predicted molar refractivity (Wildman–Crippen MR) is 92.7 cm³/mol. The van der Waals surface area contributed by atoms with Gasteiger partial charge in [0.1, 0.15) is 5.60 Å². The second kappa shape index (κ2) is 8.14. The van der Waals surface area contributed by atoms with Crippen molar-refractivity contribution in [3.63, 3.8) is 0 Å². The van der Waals surface area contributed by atoms with Gasteiger partial charge in [-0.3, -0.25) is 0 Å². The minimum atomic E-state index is -1.01. The Bertz CT molecular complexity index is 745. The number of rotatable bonds is 5. The zero-order chi connectivity index (χ0) is 16.3. The number of hydrogen-bond acceptors (Lipinski definition) is 3. The van der Waals surface area contributed by atoms with E-state index in [1.54, 1.807) is 14.2 Å². The van der Waals surface area contributed by atoms with Crippen molar-refractivity contribution in [2.24, 2.45) is 0 Å². The molecule has 3 nitrogen and oxygen atoms in total. The number of benzene rings is 2. The van der Waals surface area contributed by atoms with Crippen LogP contribution in [0.2, 0.25) is 0 Å². The van der Waals surface area contributed by atoms with Gasteiger partial charge in [-0.25, -0.2) is 0 Å². The van der Waals surface area contributed by atoms with E-state index in [1.807, 2.05) is 60.7 Å². The molecule has 0 fully saturated rings. The number of carbonyl (C=O) groups excluding carboxylic acids is 1. The SMILES string of the molecule is COC1=Cc2ccccc2C(OC)(C(=O)[P-]c2ccccc2)C1.[Li+]. The Morgan fingerprint density at radius 1 is 1.04 bits per heavy atom. The van der Waals surface area contributed by atoms with Crippen molar-refractivity contribution in [2.45, 2.75) is 12.0 Å². The molecule has 0 heterocycles. The van der Waals surface area contributed by atoms with Crippen molar-refractivity contribution < 1.29 is 33.1 Å². The molecule has 0 aromatic heterocycles. The maximum Gasteiger partial charge on any atom is 1.00 e. The second-order valence-electron chi connectivity index (χ2n) is 5.36. The summed E-state index contributed by atoms with van der Waals surface area (Å²) in [6.07, 6.45) is 2.38. The third-order valence-electron chi connectivity index (χ3n) is 4.08. The molecule has 0 spiro atoms. The van der Waals surface area contributed by atoms with Gasteiger partial charge in [-0.2, -0.15) is 5.30 Å². The normalized spacial score (nSPS) is 19.3. The fraction of sp³-hybridized carbons (Fsp3) is 0.211. The third-order valence-corrected chi connectivity index (χ3v) is 5.20. The number of fused-ring (bicyclic) bond motifs is 1. The molecule has 2 aromatic carbocycles. The number of hydrogen-bond donors (Lipinski definition) is 0. The predicted octanol–water partition coefficient (Wildman–Crippen LogP) is 0.722. The zero-order valence-electron chi connectivity index (χ0n) is 14.2. The van der Waals surface area contributed by atoms with Crippen LogP contribution in [-0.2, 0) is 19.9 Å². The van der Waals surface area contributed by atoms with Crippen LogP contribution in [0.4, 0.5) is 0 Å². The van der Waals surface area contributed by atoms with Gasteiger partial charge in [0.15, 0.2) is 0 Å². The average molecular weight is 332 g/mol. The first-order valence-corrected chi connectivity index (χ1v) is 8.29. The molecule has 0 N–H and O–H groups in total. The van der Waals surface area contributed by atoms with Crippen LogP contribution in [0.1, 0.15) is 17.5 Å². The summed E-state index contributed by atoms with van der Waals surface area (Å²) in [5.74, 6) is 0.752. The van der Waals surface area contributed by atoms with Gasteiger partial charge >= 0.3 is 18.9 Å². The van der Waals surface area contributed by atoms with Gasteiger partial charge in [0.2, 0.25) is 0 Å². The molecule has 0 bridgehead atoms.